The van der Waals surface area contributed by atoms with E-state index in [0.717, 1.165) is 11.3 Å². The van der Waals surface area contributed by atoms with Gasteiger partial charge in [-0.25, -0.2) is 0 Å². The molecule has 0 radical (unpaired) electrons. The zero-order valence-electron chi connectivity index (χ0n) is 45.8. The third-order valence-corrected chi connectivity index (χ3v) is 8.82. The van der Waals surface area contributed by atoms with E-state index in [1.54, 1.807) is 0 Å². The monoisotopic (exact) mass is 613 g/mol. The van der Waals surface area contributed by atoms with E-state index in [1.807, 2.05) is 0 Å². The van der Waals surface area contributed by atoms with Crippen LogP contribution in [0.15, 0.2) is 143 Å². The van der Waals surface area contributed by atoms with Crippen LogP contribution in [0.2, 0.25) is 0 Å². The molecule has 210 valence electrons. The lowest BCUT2D eigenvalue weighted by atomic mass is 9.85. The topological polar surface area (TPSA) is 13.1 Å². The summed E-state index contributed by atoms with van der Waals surface area (Å²) < 4.78 is 214. The van der Waals surface area contributed by atoms with Crippen molar-refractivity contribution in [3.05, 3.63) is 145 Å². The maximum atomic E-state index is 9.70. The van der Waals surface area contributed by atoms with Gasteiger partial charge in [-0.15, -0.1) is 11.3 Å². The first-order valence-electron chi connectivity index (χ1n) is 25.1. The quantitative estimate of drug-likeness (QED) is 0.177. The van der Waals surface area contributed by atoms with Crippen molar-refractivity contribution in [1.29, 1.82) is 0 Å². The van der Waals surface area contributed by atoms with E-state index in [9.17, 15) is 11.0 Å². The Labute approximate surface area is 295 Å². The lowest BCUT2D eigenvalue weighted by Gasteiger charge is -2.18. The van der Waals surface area contributed by atoms with E-state index in [-0.39, 0.29) is 48.8 Å². The molecule has 10 aromatic rings. The van der Waals surface area contributed by atoms with Crippen molar-refractivity contribution in [2.24, 2.45) is 0 Å². The van der Waals surface area contributed by atoms with Crippen molar-refractivity contribution in [3.63, 3.8) is 0 Å². The molecule has 0 fully saturated rings. The number of furan rings is 1. The number of fused-ring (bicyclic) bond motifs is 9. The summed E-state index contributed by atoms with van der Waals surface area (Å²) in [4.78, 5) is 0. The van der Waals surface area contributed by atoms with Gasteiger partial charge in [0.1, 0.15) is 11.2 Å². The van der Waals surface area contributed by atoms with E-state index < -0.39 is 192 Å². The Balaban J connectivity index is 1.50. The minimum atomic E-state index is -0.884. The average Bonchev–Trinajstić information content (AvgIpc) is 3.92. The highest BCUT2D eigenvalue weighted by Gasteiger charge is 2.20. The van der Waals surface area contributed by atoms with Gasteiger partial charge in [-0.1, -0.05) is 109 Å². The largest absolute Gasteiger partial charge is 0.456 e. The average molecular weight is 614 g/mol. The summed E-state index contributed by atoms with van der Waals surface area (Å²) in [6.45, 7) is 1.45. The van der Waals surface area contributed by atoms with Gasteiger partial charge < -0.3 is 4.42 Å². The number of rotatable bonds is 2. The number of hydrogen-bond acceptors (Lipinski definition) is 2. The molecule has 0 N–H and O–H groups in total. The van der Waals surface area contributed by atoms with Crippen LogP contribution in [0, 0.1) is 6.92 Å². The minimum absolute atomic E-state index is 0.0739. The molecule has 0 saturated heterocycles. The van der Waals surface area contributed by atoms with Gasteiger partial charge in [0.25, 0.3) is 0 Å². The fraction of sp³-hybridized carbons (Fsp3) is 0.0233. The summed E-state index contributed by atoms with van der Waals surface area (Å²) in [7, 11) is 0. The predicted octanol–water partition coefficient (Wildman–Crippen LogP) is 13.1. The van der Waals surface area contributed by atoms with Gasteiger partial charge in [-0.2, -0.15) is 0 Å². The molecule has 0 amide bonds. The van der Waals surface area contributed by atoms with Crippen LogP contribution in [0.5, 0.6) is 0 Å². The van der Waals surface area contributed by atoms with Crippen LogP contribution >= 0.6 is 11.3 Å². The van der Waals surface area contributed by atoms with E-state index in [1.165, 1.54) is 6.92 Å². The first-order chi connectivity index (χ1) is 31.8. The van der Waals surface area contributed by atoms with Gasteiger partial charge >= 0.3 is 0 Å². The number of benzene rings is 8. The molecule has 0 aliphatic carbocycles. The molecule has 0 unspecified atom stereocenters. The minimum Gasteiger partial charge on any atom is -0.456 e. The van der Waals surface area contributed by atoms with Crippen LogP contribution in [0.1, 0.15) is 37.1 Å². The molecular formula is C43H26OS. The standard InChI is InChI=1S/C43H26OS/c1-25-17-19-30-35-15-8-16-36(43(35)45-40(30)21-25)42-33-13-6-4-11-31(33)41(32-12-5-7-14-34(32)42)28-18-20-29-37-22-26-9-2-3-10-27(26)23-39(37)44-38(29)24-28/h2-24H,1H3/i2D,3D,4D,5D,6D,7D,8D,9D,10D,11D,12D,13D,14D,15D,16D,17D,18D,19D,20D,21D,22D,23D,24D. The zero-order valence-corrected chi connectivity index (χ0v) is 23.6. The molecule has 0 spiro atoms. The van der Waals surface area contributed by atoms with E-state index >= 15 is 0 Å². The maximum absolute atomic E-state index is 9.70. The van der Waals surface area contributed by atoms with E-state index in [4.69, 9.17) is 25.0 Å². The highest BCUT2D eigenvalue weighted by molar-refractivity contribution is 7.26. The second kappa shape index (κ2) is 9.28. The van der Waals surface area contributed by atoms with Gasteiger partial charge in [0, 0.05) is 36.5 Å². The Morgan fingerprint density at radius 3 is 1.87 bits per heavy atom. The fourth-order valence-electron chi connectivity index (χ4n) is 5.78. The van der Waals surface area contributed by atoms with Crippen molar-refractivity contribution in [2.75, 3.05) is 0 Å². The Kier molecular flexibility index (Phi) is 2.37. The third-order valence-electron chi connectivity index (χ3n) is 7.70. The van der Waals surface area contributed by atoms with Crippen LogP contribution in [-0.2, 0) is 0 Å². The normalized spacial score (nSPS) is 19.3. The molecular weight excluding hydrogens is 565 g/mol. The number of hydrogen-bond donors (Lipinski definition) is 0. The highest BCUT2D eigenvalue weighted by atomic mass is 32.1. The molecule has 0 aliphatic rings. The molecule has 1 nitrogen and oxygen atoms in total. The molecule has 8 aromatic carbocycles. The molecule has 10 rings (SSSR count). The Hall–Kier alpha value is -5.44. The van der Waals surface area contributed by atoms with Gasteiger partial charge in [-0.05, 0) is 91.7 Å². The van der Waals surface area contributed by atoms with Gasteiger partial charge in [0.05, 0.1) is 31.5 Å². The van der Waals surface area contributed by atoms with Gasteiger partial charge in [-0.3, -0.25) is 0 Å². The van der Waals surface area contributed by atoms with Crippen LogP contribution < -0.4 is 0 Å². The summed E-state index contributed by atoms with van der Waals surface area (Å²) in [5, 5.41) is -4.02. The molecule has 0 aliphatic heterocycles. The maximum Gasteiger partial charge on any atom is 0.136 e. The lowest BCUT2D eigenvalue weighted by Crippen LogP contribution is -1.91. The highest BCUT2D eigenvalue weighted by Crippen LogP contribution is 2.48. The first kappa shape index (κ1) is 11.5. The molecule has 0 atom stereocenters. The Morgan fingerprint density at radius 1 is 0.489 bits per heavy atom. The second-order valence-electron chi connectivity index (χ2n) is 10.3. The number of thiophene rings is 1. The fourth-order valence-corrected chi connectivity index (χ4v) is 6.96. The predicted molar refractivity (Wildman–Crippen MR) is 195 cm³/mol. The smallest absolute Gasteiger partial charge is 0.136 e. The Morgan fingerprint density at radius 2 is 1.11 bits per heavy atom. The first-order valence-corrected chi connectivity index (χ1v) is 14.4. The molecule has 2 heterocycles. The second-order valence-corrected chi connectivity index (χ2v) is 11.3. The summed E-state index contributed by atoms with van der Waals surface area (Å²) >= 11 is 0.782. The van der Waals surface area contributed by atoms with Crippen molar-refractivity contribution in [2.45, 2.75) is 6.92 Å². The molecule has 2 aromatic heterocycles. The molecule has 0 saturated carbocycles. The van der Waals surface area contributed by atoms with E-state index in [0.29, 0.717) is 0 Å². The Bertz CT molecular complexity index is 4050. The van der Waals surface area contributed by atoms with Crippen LogP contribution in [-0.4, -0.2) is 0 Å². The lowest BCUT2D eigenvalue weighted by molar-refractivity contribution is 0.669. The van der Waals surface area contributed by atoms with Crippen molar-refractivity contribution < 1.29 is 35.9 Å². The molecule has 45 heavy (non-hydrogen) atoms. The van der Waals surface area contributed by atoms with E-state index in [2.05, 4.69) is 0 Å². The van der Waals surface area contributed by atoms with Crippen molar-refractivity contribution in [1.82, 2.24) is 0 Å². The van der Waals surface area contributed by atoms with Crippen molar-refractivity contribution in [3.8, 4) is 22.3 Å². The summed E-state index contributed by atoms with van der Waals surface area (Å²) in [6, 6.07) is -16.5. The summed E-state index contributed by atoms with van der Waals surface area (Å²) in [5.41, 5.74) is -3.04. The van der Waals surface area contributed by atoms with Crippen LogP contribution in [0.4, 0.5) is 0 Å². The van der Waals surface area contributed by atoms with Gasteiger partial charge in [0.15, 0.2) is 0 Å². The zero-order chi connectivity index (χ0) is 49.7. The van der Waals surface area contributed by atoms with Crippen LogP contribution in [0.25, 0.3) is 96.7 Å². The van der Waals surface area contributed by atoms with Crippen LogP contribution in [0.3, 0.4) is 0 Å². The molecule has 0 bridgehead atoms. The molecule has 2 heteroatoms. The summed E-state index contributed by atoms with van der Waals surface area (Å²) in [6.07, 6.45) is 0. The summed E-state index contributed by atoms with van der Waals surface area (Å²) in [5.74, 6) is 0. The third kappa shape index (κ3) is 3.61. The van der Waals surface area contributed by atoms with Gasteiger partial charge in [0.2, 0.25) is 0 Å². The SMILES string of the molecule is [2H]c1c([2H])c([2H])c2c(sc3c([2H])c(C)c([2H])c([2H])c32)c1-c1c2c([2H])c([2H])c([2H])c([2H])c2c(-c2c([2H])c([2H])c3c(oc4c([2H])c5c([2H])c([2H])c([2H])c([2H])c5c([2H])c43)c2[2H])c2c([2H])c([2H])c([2H])c([2H])c12. The van der Waals surface area contributed by atoms with Crippen molar-refractivity contribution >= 4 is 85.8 Å².